The van der Waals surface area contributed by atoms with Crippen LogP contribution in [0, 0.1) is 0 Å². The molecule has 0 heterocycles. The Balaban J connectivity index is 1.77. The number of ether oxygens (including phenoxy) is 3. The average Bonchev–Trinajstić information content (AvgIpc) is 2.85. The largest absolute Gasteiger partial charge is 0.497 e. The molecule has 0 aliphatic carbocycles. The van der Waals surface area contributed by atoms with Crippen molar-refractivity contribution >= 4 is 41.2 Å². The summed E-state index contributed by atoms with van der Waals surface area (Å²) >= 11 is 0. The van der Waals surface area contributed by atoms with Gasteiger partial charge in [0.25, 0.3) is 12.4 Å². The average molecular weight is 504 g/mol. The summed E-state index contributed by atoms with van der Waals surface area (Å²) in [6.07, 6.45) is -2.25. The minimum atomic E-state index is -1.47. The maximum Gasteiger partial charge on any atom is 0.410 e. The summed E-state index contributed by atoms with van der Waals surface area (Å²) in [5, 5.41) is 24.4. The first-order valence-electron chi connectivity index (χ1n) is 11.1. The zero-order valence-electron chi connectivity index (χ0n) is 19.6. The van der Waals surface area contributed by atoms with Crippen molar-refractivity contribution < 1.29 is 48.4 Å². The van der Waals surface area contributed by atoms with Crippen LogP contribution in [0.3, 0.4) is 0 Å². The first kappa shape index (κ1) is 27.9. The fourth-order valence-corrected chi connectivity index (χ4v) is 3.27. The summed E-state index contributed by atoms with van der Waals surface area (Å²) in [6.45, 7) is 0.407. The summed E-state index contributed by atoms with van der Waals surface area (Å²) in [5.74, 6) is -2.18. The Morgan fingerprint density at radius 3 is 2.39 bits per heavy atom. The van der Waals surface area contributed by atoms with Gasteiger partial charge in [-0.05, 0) is 54.3 Å². The van der Waals surface area contributed by atoms with Gasteiger partial charge in [0.1, 0.15) is 11.8 Å². The lowest BCUT2D eigenvalue weighted by atomic mass is 10.1. The molecule has 12 heteroatoms. The van der Waals surface area contributed by atoms with Crippen LogP contribution in [0.2, 0.25) is 0 Å². The van der Waals surface area contributed by atoms with E-state index in [4.69, 9.17) is 24.4 Å². The van der Waals surface area contributed by atoms with Crippen LogP contribution >= 0.6 is 0 Å². The van der Waals surface area contributed by atoms with Gasteiger partial charge in [-0.3, -0.25) is 14.4 Å². The summed E-state index contributed by atoms with van der Waals surface area (Å²) < 4.78 is 14.8. The second kappa shape index (κ2) is 14.1. The Morgan fingerprint density at radius 2 is 1.72 bits per heavy atom. The van der Waals surface area contributed by atoms with E-state index in [1.54, 1.807) is 19.2 Å². The Labute approximate surface area is 206 Å². The maximum atomic E-state index is 12.4. The number of amides is 2. The molecule has 4 N–H and O–H groups in total. The van der Waals surface area contributed by atoms with Gasteiger partial charge in [0.05, 0.1) is 7.11 Å². The van der Waals surface area contributed by atoms with Crippen molar-refractivity contribution in [3.05, 3.63) is 42.0 Å². The molecule has 0 bridgehead atoms. The molecule has 0 fully saturated rings. The van der Waals surface area contributed by atoms with Crippen LogP contribution in [0.1, 0.15) is 42.5 Å². The predicted molar refractivity (Wildman–Crippen MR) is 126 cm³/mol. The Hall–Kier alpha value is -4.35. The number of aliphatic carboxylic acids is 2. The monoisotopic (exact) mass is 504 g/mol. The van der Waals surface area contributed by atoms with Crippen LogP contribution in [-0.4, -0.2) is 66.6 Å². The van der Waals surface area contributed by atoms with E-state index in [1.165, 1.54) is 0 Å². The molecule has 2 rings (SSSR count). The van der Waals surface area contributed by atoms with Crippen LogP contribution in [-0.2, 0) is 23.9 Å². The molecule has 2 aromatic rings. The topological polar surface area (TPSA) is 178 Å². The maximum absolute atomic E-state index is 12.4. The standard InChI is InChI=1S/C24H28N2O10/c1-34-18-8-7-15-12-17(6-5-16(15)13-18)22(30)25-11-3-2-4-21(35-14-27)36-24(33)26-19(23(31)32)9-10-20(28)29/h5-8,12-14,19,21H,2-4,9-11H2,1H3,(H,25,30)(H,26,33)(H,28,29)(H,31,32)/t19-,21-/m0/s1. The number of rotatable bonds is 15. The Bertz CT molecular complexity index is 1090. The summed E-state index contributed by atoms with van der Waals surface area (Å²) in [6, 6.07) is 9.37. The van der Waals surface area contributed by atoms with Crippen molar-refractivity contribution in [1.82, 2.24) is 10.6 Å². The molecule has 0 radical (unpaired) electrons. The van der Waals surface area contributed by atoms with Crippen LogP contribution in [0.25, 0.3) is 10.8 Å². The van der Waals surface area contributed by atoms with Gasteiger partial charge in [-0.15, -0.1) is 0 Å². The lowest BCUT2D eigenvalue weighted by Crippen LogP contribution is -2.42. The number of carboxylic acids is 2. The van der Waals surface area contributed by atoms with Gasteiger partial charge < -0.3 is 35.1 Å². The molecular formula is C24H28N2O10. The van der Waals surface area contributed by atoms with E-state index in [2.05, 4.69) is 5.32 Å². The van der Waals surface area contributed by atoms with Crippen molar-refractivity contribution in [3.63, 3.8) is 0 Å². The molecule has 0 spiro atoms. The van der Waals surface area contributed by atoms with Crippen molar-refractivity contribution in [1.29, 1.82) is 0 Å². The highest BCUT2D eigenvalue weighted by Gasteiger charge is 2.24. The predicted octanol–water partition coefficient (Wildman–Crippen LogP) is 2.29. The van der Waals surface area contributed by atoms with E-state index in [0.29, 0.717) is 24.9 Å². The molecule has 0 saturated heterocycles. The third-order valence-corrected chi connectivity index (χ3v) is 5.14. The van der Waals surface area contributed by atoms with E-state index >= 15 is 0 Å². The molecule has 2 amide bonds. The molecular weight excluding hydrogens is 476 g/mol. The first-order chi connectivity index (χ1) is 17.2. The lowest BCUT2D eigenvalue weighted by Gasteiger charge is -2.18. The number of hydrogen-bond donors (Lipinski definition) is 4. The van der Waals surface area contributed by atoms with Crippen LogP contribution in [0.4, 0.5) is 4.79 Å². The van der Waals surface area contributed by atoms with Gasteiger partial charge in [0, 0.05) is 24.9 Å². The van der Waals surface area contributed by atoms with Crippen molar-refractivity contribution in [2.75, 3.05) is 13.7 Å². The third kappa shape index (κ3) is 9.12. The van der Waals surface area contributed by atoms with Gasteiger partial charge in [0.15, 0.2) is 0 Å². The lowest BCUT2D eigenvalue weighted by molar-refractivity contribution is -0.154. The minimum Gasteiger partial charge on any atom is -0.497 e. The first-order valence-corrected chi connectivity index (χ1v) is 11.1. The fourth-order valence-electron chi connectivity index (χ4n) is 3.27. The second-order valence-corrected chi connectivity index (χ2v) is 7.71. The second-order valence-electron chi connectivity index (χ2n) is 7.71. The number of nitrogens with one attached hydrogen (secondary N) is 2. The van der Waals surface area contributed by atoms with Crippen molar-refractivity contribution in [2.45, 2.75) is 44.4 Å². The quantitative estimate of drug-likeness (QED) is 0.160. The highest BCUT2D eigenvalue weighted by atomic mass is 16.7. The van der Waals surface area contributed by atoms with E-state index in [0.717, 1.165) is 16.5 Å². The number of unbranched alkanes of at least 4 members (excludes halogenated alkanes) is 1. The summed E-state index contributed by atoms with van der Waals surface area (Å²) in [4.78, 5) is 56.9. The molecule has 194 valence electrons. The molecule has 0 unspecified atom stereocenters. The molecule has 36 heavy (non-hydrogen) atoms. The molecule has 0 aromatic heterocycles. The van der Waals surface area contributed by atoms with Gasteiger partial charge in [-0.2, -0.15) is 0 Å². The van der Waals surface area contributed by atoms with E-state index in [-0.39, 0.29) is 25.2 Å². The number of benzene rings is 2. The highest BCUT2D eigenvalue weighted by molar-refractivity contribution is 5.98. The normalized spacial score (nSPS) is 12.1. The molecule has 12 nitrogen and oxygen atoms in total. The zero-order valence-corrected chi connectivity index (χ0v) is 19.6. The highest BCUT2D eigenvalue weighted by Crippen LogP contribution is 2.22. The number of carboxylic acid groups (broad SMARTS) is 2. The minimum absolute atomic E-state index is 0.0914. The number of hydrogen-bond acceptors (Lipinski definition) is 8. The molecule has 0 saturated carbocycles. The van der Waals surface area contributed by atoms with E-state index < -0.39 is 36.8 Å². The van der Waals surface area contributed by atoms with Crippen molar-refractivity contribution in [3.8, 4) is 5.75 Å². The van der Waals surface area contributed by atoms with Crippen LogP contribution in [0.15, 0.2) is 36.4 Å². The SMILES string of the molecule is COc1ccc2cc(C(=O)NCCCC[C@@H](OC=O)OC(=O)N[C@@H](CCC(=O)O)C(=O)O)ccc2c1. The Kier molecular flexibility index (Phi) is 11.0. The molecule has 0 aliphatic rings. The van der Waals surface area contributed by atoms with Gasteiger partial charge in [-0.25, -0.2) is 9.59 Å². The number of alkyl carbamates (subject to hydrolysis) is 1. The van der Waals surface area contributed by atoms with Crippen LogP contribution in [0.5, 0.6) is 5.75 Å². The fraction of sp³-hybridized carbons (Fsp3) is 0.375. The van der Waals surface area contributed by atoms with Crippen molar-refractivity contribution in [2.24, 2.45) is 0 Å². The van der Waals surface area contributed by atoms with Crippen LogP contribution < -0.4 is 15.4 Å². The number of carbonyl (C=O) groups is 5. The molecule has 0 aliphatic heterocycles. The number of carbonyl (C=O) groups excluding carboxylic acids is 3. The smallest absolute Gasteiger partial charge is 0.410 e. The molecule has 2 aromatic carbocycles. The summed E-state index contributed by atoms with van der Waals surface area (Å²) in [5.41, 5.74) is 0.491. The van der Waals surface area contributed by atoms with Gasteiger partial charge in [0.2, 0.25) is 6.29 Å². The van der Waals surface area contributed by atoms with E-state index in [9.17, 15) is 24.0 Å². The third-order valence-electron chi connectivity index (χ3n) is 5.14. The summed E-state index contributed by atoms with van der Waals surface area (Å²) in [7, 11) is 1.58. The number of methoxy groups -OCH3 is 1. The van der Waals surface area contributed by atoms with Gasteiger partial charge >= 0.3 is 18.0 Å². The Morgan fingerprint density at radius 1 is 1.00 bits per heavy atom. The molecule has 2 atom stereocenters. The van der Waals surface area contributed by atoms with E-state index in [1.807, 2.05) is 29.6 Å². The van der Waals surface area contributed by atoms with Gasteiger partial charge in [-0.1, -0.05) is 12.1 Å². The number of fused-ring (bicyclic) bond motifs is 1. The zero-order chi connectivity index (χ0) is 26.5.